The number of unbranched alkanes of at least 4 members (excludes halogenated alkanes) is 2. The van der Waals surface area contributed by atoms with E-state index in [4.69, 9.17) is 9.84 Å². The van der Waals surface area contributed by atoms with Crippen molar-refractivity contribution in [3.63, 3.8) is 0 Å². The third-order valence-electron chi connectivity index (χ3n) is 8.89. The van der Waals surface area contributed by atoms with Gasteiger partial charge in [0.05, 0.1) is 36.9 Å². The number of ether oxygens (including phenoxy) is 1. The van der Waals surface area contributed by atoms with E-state index in [2.05, 4.69) is 0 Å². The first-order chi connectivity index (χ1) is 22.9. The van der Waals surface area contributed by atoms with Gasteiger partial charge in [-0.15, -0.1) is 0 Å². The monoisotopic (exact) mass is 667 g/mol. The Balaban J connectivity index is 1.60. The normalized spacial score (nSPS) is 14.9. The van der Waals surface area contributed by atoms with Crippen molar-refractivity contribution in [3.05, 3.63) is 121 Å². The summed E-state index contributed by atoms with van der Waals surface area (Å²) in [4.78, 5) is 41.2. The van der Waals surface area contributed by atoms with Crippen LogP contribution in [0.15, 0.2) is 76.3 Å². The van der Waals surface area contributed by atoms with Crippen molar-refractivity contribution in [2.75, 3.05) is 20.2 Å². The number of likely N-dealkylation sites (N-methyl/N-ethyl adjacent to an activating group) is 1. The van der Waals surface area contributed by atoms with Crippen LogP contribution in [0.3, 0.4) is 0 Å². The predicted molar refractivity (Wildman–Crippen MR) is 173 cm³/mol. The highest BCUT2D eigenvalue weighted by molar-refractivity contribution is 5.67. The van der Waals surface area contributed by atoms with E-state index in [1.54, 1.807) is 24.3 Å². The Labute approximate surface area is 274 Å². The maximum atomic E-state index is 15.1. The van der Waals surface area contributed by atoms with Crippen molar-refractivity contribution >= 4 is 5.97 Å². The zero-order chi connectivity index (χ0) is 34.6. The quantitative estimate of drug-likeness (QED) is 0.138. The number of fused-ring (bicyclic) bond motifs is 1. The van der Waals surface area contributed by atoms with E-state index in [0.717, 1.165) is 44.9 Å². The number of hydrogen-bond acceptors (Lipinski definition) is 5. The predicted octanol–water partition coefficient (Wildman–Crippen LogP) is 6.44. The Morgan fingerprint density at radius 3 is 2.48 bits per heavy atom. The molecule has 12 heteroatoms. The second-order valence-electron chi connectivity index (χ2n) is 12.0. The first-order valence-corrected chi connectivity index (χ1v) is 15.8. The van der Waals surface area contributed by atoms with Crippen LogP contribution in [0.2, 0.25) is 0 Å². The summed E-state index contributed by atoms with van der Waals surface area (Å²) in [6.07, 6.45) is -2.26. The second kappa shape index (κ2) is 14.6. The molecule has 4 aromatic rings. The maximum Gasteiger partial charge on any atom is 0.416 e. The number of alkyl halides is 3. The largest absolute Gasteiger partial charge is 0.494 e. The number of benzene rings is 3. The van der Waals surface area contributed by atoms with Crippen LogP contribution >= 0.6 is 0 Å². The van der Waals surface area contributed by atoms with Crippen molar-refractivity contribution in [3.8, 4) is 16.9 Å². The number of aliphatic carboxylic acids is 1. The lowest BCUT2D eigenvalue weighted by Gasteiger charge is -2.35. The van der Waals surface area contributed by atoms with E-state index in [9.17, 15) is 27.6 Å². The van der Waals surface area contributed by atoms with Crippen LogP contribution in [0.25, 0.3) is 11.1 Å². The van der Waals surface area contributed by atoms with Crippen LogP contribution in [0.5, 0.6) is 5.75 Å². The van der Waals surface area contributed by atoms with Gasteiger partial charge in [-0.2, -0.15) is 13.2 Å². The Kier molecular flexibility index (Phi) is 10.5. The summed E-state index contributed by atoms with van der Waals surface area (Å²) in [6, 6.07) is 16.6. The third kappa shape index (κ3) is 7.54. The lowest BCUT2D eigenvalue weighted by atomic mass is 9.93. The Hall–Kier alpha value is -4.71. The number of nitrogens with zero attached hydrogens (tertiary/aromatic N) is 3. The van der Waals surface area contributed by atoms with Crippen molar-refractivity contribution in [1.82, 2.24) is 14.0 Å². The van der Waals surface area contributed by atoms with Gasteiger partial charge in [-0.05, 0) is 80.6 Å². The molecule has 0 fully saturated rings. The lowest BCUT2D eigenvalue weighted by molar-refractivity contribution is -0.138. The van der Waals surface area contributed by atoms with E-state index in [-0.39, 0.29) is 30.3 Å². The van der Waals surface area contributed by atoms with Crippen LogP contribution in [-0.4, -0.2) is 45.3 Å². The smallest absolute Gasteiger partial charge is 0.416 e. The van der Waals surface area contributed by atoms with E-state index in [0.29, 0.717) is 43.7 Å². The summed E-state index contributed by atoms with van der Waals surface area (Å²) in [7, 11) is 1.89. The summed E-state index contributed by atoms with van der Waals surface area (Å²) in [5.41, 5.74) is -0.805. The average Bonchev–Trinajstić information content (AvgIpc) is 3.04. The standard InChI is InChI=1S/C36H37F4N3O5/c1-23-33(25-11-8-12-26(20-25)48-19-7-3-4-16-32(44)45)34(46)43(22-31-27-13-6-5-10-24(27)17-18-41(31)2)35(47)42(23)21-28-29(36(38,39)40)14-9-15-30(28)37/h5-6,8-15,20,31H,3-4,7,16-19,21-22H2,1-2H3,(H,44,45). The summed E-state index contributed by atoms with van der Waals surface area (Å²) in [5, 5.41) is 8.83. The van der Waals surface area contributed by atoms with Gasteiger partial charge >= 0.3 is 17.8 Å². The van der Waals surface area contributed by atoms with Gasteiger partial charge in [0.2, 0.25) is 0 Å². The molecule has 1 aliphatic heterocycles. The topological polar surface area (TPSA) is 93.8 Å². The Bertz CT molecular complexity index is 1920. The minimum Gasteiger partial charge on any atom is -0.494 e. The van der Waals surface area contributed by atoms with Crippen molar-refractivity contribution in [1.29, 1.82) is 0 Å². The molecule has 1 aromatic heterocycles. The number of rotatable bonds is 12. The van der Waals surface area contributed by atoms with E-state index in [1.165, 1.54) is 6.92 Å². The number of carboxylic acids is 1. The number of carboxylic acid groups (broad SMARTS) is 1. The number of aromatic nitrogens is 2. The van der Waals surface area contributed by atoms with Crippen LogP contribution in [0.1, 0.15) is 59.7 Å². The van der Waals surface area contributed by atoms with Gasteiger partial charge in [0, 0.05) is 24.2 Å². The molecule has 0 radical (unpaired) electrons. The van der Waals surface area contributed by atoms with Gasteiger partial charge in [-0.25, -0.2) is 9.18 Å². The van der Waals surface area contributed by atoms with Gasteiger partial charge in [0.25, 0.3) is 5.56 Å². The zero-order valence-electron chi connectivity index (χ0n) is 26.7. The highest BCUT2D eigenvalue weighted by Crippen LogP contribution is 2.34. The molecule has 0 bridgehead atoms. The van der Waals surface area contributed by atoms with Crippen molar-refractivity contribution < 1.29 is 32.2 Å². The molecule has 0 amide bonds. The van der Waals surface area contributed by atoms with Crippen molar-refractivity contribution in [2.45, 2.75) is 64.3 Å². The first-order valence-electron chi connectivity index (χ1n) is 15.8. The molecule has 3 aromatic carbocycles. The summed E-state index contributed by atoms with van der Waals surface area (Å²) < 4.78 is 65.0. The molecule has 0 saturated carbocycles. The third-order valence-corrected chi connectivity index (χ3v) is 8.89. The zero-order valence-corrected chi connectivity index (χ0v) is 26.7. The molecule has 254 valence electrons. The summed E-state index contributed by atoms with van der Waals surface area (Å²) in [6.45, 7) is 1.61. The maximum absolute atomic E-state index is 15.1. The van der Waals surface area contributed by atoms with Gasteiger partial charge in [-0.1, -0.05) is 42.5 Å². The van der Waals surface area contributed by atoms with E-state index in [1.807, 2.05) is 36.2 Å². The molecule has 0 aliphatic carbocycles. The second-order valence-corrected chi connectivity index (χ2v) is 12.0. The molecule has 1 aliphatic rings. The molecule has 1 N–H and O–H groups in total. The van der Waals surface area contributed by atoms with Gasteiger partial charge in [0.15, 0.2) is 0 Å². The van der Waals surface area contributed by atoms with Gasteiger partial charge < -0.3 is 9.84 Å². The lowest BCUT2D eigenvalue weighted by Crippen LogP contribution is -2.46. The highest BCUT2D eigenvalue weighted by Gasteiger charge is 2.35. The van der Waals surface area contributed by atoms with E-state index >= 15 is 4.39 Å². The summed E-state index contributed by atoms with van der Waals surface area (Å²) in [5.74, 6) is -1.56. The fourth-order valence-electron chi connectivity index (χ4n) is 6.30. The number of carbonyl (C=O) groups is 1. The van der Waals surface area contributed by atoms with Crippen LogP contribution in [-0.2, 0) is 30.5 Å². The van der Waals surface area contributed by atoms with Crippen LogP contribution in [0.4, 0.5) is 17.6 Å². The molecule has 8 nitrogen and oxygen atoms in total. The molecule has 0 saturated heterocycles. The molecular formula is C36H37F4N3O5. The highest BCUT2D eigenvalue weighted by atomic mass is 19.4. The Morgan fingerprint density at radius 1 is 0.979 bits per heavy atom. The molecule has 48 heavy (non-hydrogen) atoms. The molecule has 1 atom stereocenters. The molecular weight excluding hydrogens is 630 g/mol. The molecule has 0 spiro atoms. The fourth-order valence-corrected chi connectivity index (χ4v) is 6.30. The molecule has 2 heterocycles. The fraction of sp³-hybridized carbons (Fsp3) is 0.361. The first kappa shape index (κ1) is 34.6. The van der Waals surface area contributed by atoms with E-state index < -0.39 is 46.9 Å². The van der Waals surface area contributed by atoms with Gasteiger partial charge in [0.1, 0.15) is 11.6 Å². The summed E-state index contributed by atoms with van der Waals surface area (Å²) >= 11 is 0. The minimum absolute atomic E-state index is 0.0658. The number of halogens is 4. The van der Waals surface area contributed by atoms with Crippen LogP contribution < -0.4 is 16.0 Å². The SMILES string of the molecule is Cc1c(-c2cccc(OCCCCCC(=O)O)c2)c(=O)n(CC2c3ccccc3CCN2C)c(=O)n1Cc1c(F)cccc1C(F)(F)F. The van der Waals surface area contributed by atoms with Crippen LogP contribution in [0, 0.1) is 12.7 Å². The molecule has 1 unspecified atom stereocenters. The van der Waals surface area contributed by atoms with Gasteiger partial charge in [-0.3, -0.25) is 23.6 Å². The molecule has 5 rings (SSSR count). The minimum atomic E-state index is -4.87. The average molecular weight is 668 g/mol. The number of hydrogen-bond donors (Lipinski definition) is 1. The van der Waals surface area contributed by atoms with Crippen molar-refractivity contribution in [2.24, 2.45) is 0 Å². The Morgan fingerprint density at radius 2 is 1.73 bits per heavy atom.